The van der Waals surface area contributed by atoms with E-state index < -0.39 is 11.0 Å². The molecule has 8 heteroatoms. The Morgan fingerprint density at radius 1 is 1.00 bits per heavy atom. The van der Waals surface area contributed by atoms with Crippen molar-refractivity contribution in [1.82, 2.24) is 5.43 Å². The number of hydrogen-bond donors (Lipinski definition) is 2. The van der Waals surface area contributed by atoms with Crippen LogP contribution in [0.4, 0.5) is 16.2 Å². The molecule has 2 N–H and O–H groups in total. The molecule has 0 atom stereocenters. The van der Waals surface area contributed by atoms with Gasteiger partial charge in [0, 0.05) is 17.7 Å². The van der Waals surface area contributed by atoms with Gasteiger partial charge in [0.1, 0.15) is 5.75 Å². The number of benzene rings is 3. The molecule has 0 aliphatic rings. The third-order valence-corrected chi connectivity index (χ3v) is 3.57. The molecule has 0 saturated carbocycles. The fourth-order valence-electron chi connectivity index (χ4n) is 2.31. The van der Waals surface area contributed by atoms with Gasteiger partial charge in [-0.3, -0.25) is 10.1 Å². The summed E-state index contributed by atoms with van der Waals surface area (Å²) < 4.78 is 5.77. The first kappa shape index (κ1) is 18.6. The molecule has 28 heavy (non-hydrogen) atoms. The number of carbonyl (C=O) groups is 1. The molecule has 3 aromatic carbocycles. The number of rotatable bonds is 6. The van der Waals surface area contributed by atoms with Gasteiger partial charge in [0.25, 0.3) is 5.69 Å². The molecule has 8 nitrogen and oxygen atoms in total. The maximum absolute atomic E-state index is 12.1. The van der Waals surface area contributed by atoms with Crippen LogP contribution in [0.2, 0.25) is 0 Å². The van der Waals surface area contributed by atoms with Crippen molar-refractivity contribution < 1.29 is 14.5 Å². The summed E-state index contributed by atoms with van der Waals surface area (Å²) in [6.07, 6.45) is 1.32. The molecule has 140 valence electrons. The molecule has 0 radical (unpaired) electrons. The Balaban J connectivity index is 1.62. The summed E-state index contributed by atoms with van der Waals surface area (Å²) in [7, 11) is 0. The molecule has 0 spiro atoms. The van der Waals surface area contributed by atoms with E-state index >= 15 is 0 Å². The summed E-state index contributed by atoms with van der Waals surface area (Å²) in [5.74, 6) is 1.12. The van der Waals surface area contributed by atoms with E-state index in [1.807, 2.05) is 18.2 Å². The van der Waals surface area contributed by atoms with Crippen LogP contribution in [0.5, 0.6) is 11.5 Å². The molecule has 0 unspecified atom stereocenters. The van der Waals surface area contributed by atoms with Crippen molar-refractivity contribution >= 4 is 23.6 Å². The summed E-state index contributed by atoms with van der Waals surface area (Å²) in [6, 6.07) is 21.5. The Bertz CT molecular complexity index is 1010. The highest BCUT2D eigenvalue weighted by molar-refractivity contribution is 5.92. The SMILES string of the molecule is O=C(N/N=C/c1cccc([N+](=O)[O-])c1)Nc1ccccc1Oc1ccccc1. The van der Waals surface area contributed by atoms with Crippen LogP contribution in [0.3, 0.4) is 0 Å². The maximum atomic E-state index is 12.1. The van der Waals surface area contributed by atoms with Crippen molar-refractivity contribution in [3.8, 4) is 11.5 Å². The minimum Gasteiger partial charge on any atom is -0.455 e. The van der Waals surface area contributed by atoms with E-state index in [1.165, 1.54) is 24.4 Å². The first-order chi connectivity index (χ1) is 13.6. The lowest BCUT2D eigenvalue weighted by Gasteiger charge is -2.11. The van der Waals surface area contributed by atoms with Gasteiger partial charge < -0.3 is 10.1 Å². The summed E-state index contributed by atoms with van der Waals surface area (Å²) >= 11 is 0. The average molecular weight is 376 g/mol. The van der Waals surface area contributed by atoms with Crippen LogP contribution >= 0.6 is 0 Å². The Morgan fingerprint density at radius 2 is 1.75 bits per heavy atom. The van der Waals surface area contributed by atoms with Crippen LogP contribution < -0.4 is 15.5 Å². The third-order valence-electron chi connectivity index (χ3n) is 3.57. The lowest BCUT2D eigenvalue weighted by Crippen LogP contribution is -2.24. The van der Waals surface area contributed by atoms with E-state index in [2.05, 4.69) is 15.8 Å². The Kier molecular flexibility index (Phi) is 5.94. The Hall–Kier alpha value is -4.20. The number of nitrogens with zero attached hydrogens (tertiary/aromatic N) is 2. The van der Waals surface area contributed by atoms with Crippen molar-refractivity contribution in [3.05, 3.63) is 94.5 Å². The van der Waals surface area contributed by atoms with Crippen molar-refractivity contribution in [2.24, 2.45) is 5.10 Å². The average Bonchev–Trinajstić information content (AvgIpc) is 2.70. The standard InChI is InChI=1S/C20H16N4O4/c25-20(23-21-14-15-7-6-8-16(13-15)24(26)27)22-18-11-4-5-12-19(18)28-17-9-2-1-3-10-17/h1-14H,(H2,22,23,25)/b21-14+. The number of anilines is 1. The molecule has 3 aromatic rings. The number of nitro groups is 1. The highest BCUT2D eigenvalue weighted by atomic mass is 16.6. The second-order valence-corrected chi connectivity index (χ2v) is 5.59. The van der Waals surface area contributed by atoms with Gasteiger partial charge in [-0.2, -0.15) is 5.10 Å². The predicted octanol–water partition coefficient (Wildman–Crippen LogP) is 4.54. The molecular weight excluding hydrogens is 360 g/mol. The third kappa shape index (κ3) is 5.15. The normalized spacial score (nSPS) is 10.4. The largest absolute Gasteiger partial charge is 0.455 e. The van der Waals surface area contributed by atoms with Crippen LogP contribution in [0.1, 0.15) is 5.56 Å². The summed E-state index contributed by atoms with van der Waals surface area (Å²) in [4.78, 5) is 22.4. The van der Waals surface area contributed by atoms with E-state index in [1.54, 1.807) is 42.5 Å². The highest BCUT2D eigenvalue weighted by Crippen LogP contribution is 2.28. The fraction of sp³-hybridized carbons (Fsp3) is 0. The first-order valence-electron chi connectivity index (χ1n) is 8.28. The summed E-state index contributed by atoms with van der Waals surface area (Å²) in [5.41, 5.74) is 3.21. The van der Waals surface area contributed by atoms with E-state index in [9.17, 15) is 14.9 Å². The van der Waals surface area contributed by atoms with Gasteiger partial charge in [-0.25, -0.2) is 10.2 Å². The molecule has 0 aliphatic carbocycles. The summed E-state index contributed by atoms with van der Waals surface area (Å²) in [6.45, 7) is 0. The fourth-order valence-corrected chi connectivity index (χ4v) is 2.31. The monoisotopic (exact) mass is 376 g/mol. The molecule has 0 aliphatic heterocycles. The van der Waals surface area contributed by atoms with E-state index in [4.69, 9.17) is 4.74 Å². The van der Waals surface area contributed by atoms with E-state index in [-0.39, 0.29) is 5.69 Å². The van der Waals surface area contributed by atoms with Crippen LogP contribution in [-0.2, 0) is 0 Å². The summed E-state index contributed by atoms with van der Waals surface area (Å²) in [5, 5.41) is 17.2. The molecule has 0 fully saturated rings. The number of non-ortho nitro benzene ring substituents is 1. The van der Waals surface area contributed by atoms with Gasteiger partial charge in [0.05, 0.1) is 16.8 Å². The van der Waals surface area contributed by atoms with Crippen LogP contribution in [0, 0.1) is 10.1 Å². The number of para-hydroxylation sites is 3. The molecule has 3 rings (SSSR count). The van der Waals surface area contributed by atoms with Crippen LogP contribution in [-0.4, -0.2) is 17.2 Å². The smallest absolute Gasteiger partial charge is 0.339 e. The number of hydrazone groups is 1. The highest BCUT2D eigenvalue weighted by Gasteiger charge is 2.08. The van der Waals surface area contributed by atoms with Crippen LogP contribution in [0.15, 0.2) is 84.0 Å². The van der Waals surface area contributed by atoms with Gasteiger partial charge in [0.2, 0.25) is 0 Å². The molecule has 0 bridgehead atoms. The first-order valence-corrected chi connectivity index (χ1v) is 8.28. The quantitative estimate of drug-likeness (QED) is 0.374. The molecule has 0 heterocycles. The predicted molar refractivity (Wildman–Crippen MR) is 106 cm³/mol. The van der Waals surface area contributed by atoms with Crippen molar-refractivity contribution in [1.29, 1.82) is 0 Å². The van der Waals surface area contributed by atoms with E-state index in [0.29, 0.717) is 22.7 Å². The van der Waals surface area contributed by atoms with Gasteiger partial charge in [-0.15, -0.1) is 0 Å². The number of amides is 2. The molecule has 2 amide bonds. The Labute approximate surface area is 160 Å². The van der Waals surface area contributed by atoms with Crippen molar-refractivity contribution in [2.45, 2.75) is 0 Å². The number of carbonyl (C=O) groups excluding carboxylic acids is 1. The molecule has 0 saturated heterocycles. The minimum atomic E-state index is -0.578. The lowest BCUT2D eigenvalue weighted by molar-refractivity contribution is -0.384. The zero-order chi connectivity index (χ0) is 19.8. The maximum Gasteiger partial charge on any atom is 0.339 e. The lowest BCUT2D eigenvalue weighted by atomic mass is 10.2. The number of hydrogen-bond acceptors (Lipinski definition) is 5. The topological polar surface area (TPSA) is 106 Å². The van der Waals surface area contributed by atoms with Crippen LogP contribution in [0.25, 0.3) is 0 Å². The number of nitrogens with one attached hydrogen (secondary N) is 2. The number of ether oxygens (including phenoxy) is 1. The van der Waals surface area contributed by atoms with Gasteiger partial charge in [-0.05, 0) is 24.3 Å². The van der Waals surface area contributed by atoms with Gasteiger partial charge >= 0.3 is 6.03 Å². The minimum absolute atomic E-state index is 0.0552. The van der Waals surface area contributed by atoms with Gasteiger partial charge in [0.15, 0.2) is 5.75 Å². The Morgan fingerprint density at radius 3 is 2.54 bits per heavy atom. The zero-order valence-electron chi connectivity index (χ0n) is 14.6. The molecule has 0 aromatic heterocycles. The van der Waals surface area contributed by atoms with E-state index in [0.717, 1.165) is 0 Å². The zero-order valence-corrected chi connectivity index (χ0v) is 14.6. The number of urea groups is 1. The second-order valence-electron chi connectivity index (χ2n) is 5.59. The second kappa shape index (κ2) is 8.95. The molecular formula is C20H16N4O4. The van der Waals surface area contributed by atoms with Crippen molar-refractivity contribution in [2.75, 3.05) is 5.32 Å². The van der Waals surface area contributed by atoms with Crippen molar-refractivity contribution in [3.63, 3.8) is 0 Å². The number of nitro benzene ring substituents is 1. The van der Waals surface area contributed by atoms with Gasteiger partial charge in [-0.1, -0.05) is 42.5 Å².